The molecule has 0 amide bonds. The minimum atomic E-state index is -3.72. The van der Waals surface area contributed by atoms with E-state index in [0.717, 1.165) is 24.1 Å². The topological polar surface area (TPSA) is 112 Å². The number of benzene rings is 1. The first-order valence-electron chi connectivity index (χ1n) is 13.1. The third-order valence-electron chi connectivity index (χ3n) is 6.77. The molecule has 1 N–H and O–H groups in total. The lowest BCUT2D eigenvalue weighted by molar-refractivity contribution is 0.335. The number of ether oxygens (including phenoxy) is 1. The van der Waals surface area contributed by atoms with Gasteiger partial charge >= 0.3 is 0 Å². The zero-order valence-corrected chi connectivity index (χ0v) is 23.5. The van der Waals surface area contributed by atoms with Gasteiger partial charge in [-0.15, -0.1) is 0 Å². The Kier molecular flexibility index (Phi) is 7.54. The van der Waals surface area contributed by atoms with Gasteiger partial charge in [0.1, 0.15) is 28.0 Å². The SMILES string of the molecule is CCOc1cc(F)c(Cn2nc(-c3ncc(S(=O)(=O)C(C)C)c(Nc4ccncc4)n3)c(C)c2C2CC2)c(F)c1. The Morgan fingerprint density at radius 2 is 1.82 bits per heavy atom. The predicted molar refractivity (Wildman–Crippen MR) is 146 cm³/mol. The molecule has 0 spiro atoms. The predicted octanol–water partition coefficient (Wildman–Crippen LogP) is 5.57. The van der Waals surface area contributed by atoms with Gasteiger partial charge in [-0.1, -0.05) is 0 Å². The summed E-state index contributed by atoms with van der Waals surface area (Å²) in [6, 6.07) is 5.73. The van der Waals surface area contributed by atoms with Gasteiger partial charge in [0, 0.05) is 53.0 Å². The number of anilines is 2. The third-order valence-corrected chi connectivity index (χ3v) is 8.93. The molecule has 5 rings (SSSR count). The molecule has 0 unspecified atom stereocenters. The molecule has 1 aromatic carbocycles. The number of aromatic nitrogens is 5. The highest BCUT2D eigenvalue weighted by Gasteiger charge is 2.33. The molecule has 1 fully saturated rings. The first kappa shape index (κ1) is 27.6. The van der Waals surface area contributed by atoms with Crippen LogP contribution in [0.4, 0.5) is 20.3 Å². The summed E-state index contributed by atoms with van der Waals surface area (Å²) in [5, 5.41) is 7.07. The van der Waals surface area contributed by atoms with Crippen molar-refractivity contribution in [3.63, 3.8) is 0 Å². The van der Waals surface area contributed by atoms with Gasteiger partial charge in [-0.3, -0.25) is 9.67 Å². The summed E-state index contributed by atoms with van der Waals surface area (Å²) < 4.78 is 62.9. The van der Waals surface area contributed by atoms with Gasteiger partial charge in [-0.2, -0.15) is 5.10 Å². The van der Waals surface area contributed by atoms with Crippen molar-refractivity contribution in [3.05, 3.63) is 71.3 Å². The Morgan fingerprint density at radius 1 is 1.15 bits per heavy atom. The van der Waals surface area contributed by atoms with Crippen molar-refractivity contribution in [2.45, 2.75) is 63.1 Å². The first-order valence-corrected chi connectivity index (χ1v) is 14.6. The maximum Gasteiger partial charge on any atom is 0.185 e. The number of hydrogen-bond donors (Lipinski definition) is 1. The van der Waals surface area contributed by atoms with Crippen molar-refractivity contribution in [2.24, 2.45) is 0 Å². The smallest absolute Gasteiger partial charge is 0.185 e. The summed E-state index contributed by atoms with van der Waals surface area (Å²) in [7, 11) is -3.72. The quantitative estimate of drug-likeness (QED) is 0.264. The fourth-order valence-corrected chi connectivity index (χ4v) is 5.58. The summed E-state index contributed by atoms with van der Waals surface area (Å²) in [4.78, 5) is 12.9. The molecule has 40 heavy (non-hydrogen) atoms. The molecule has 4 aromatic rings. The van der Waals surface area contributed by atoms with Crippen LogP contribution in [-0.4, -0.2) is 45.0 Å². The van der Waals surface area contributed by atoms with Gasteiger partial charge in [0.25, 0.3) is 0 Å². The highest BCUT2D eigenvalue weighted by Crippen LogP contribution is 2.44. The van der Waals surface area contributed by atoms with Crippen LogP contribution in [-0.2, 0) is 16.4 Å². The molecule has 0 bridgehead atoms. The highest BCUT2D eigenvalue weighted by molar-refractivity contribution is 7.92. The van der Waals surface area contributed by atoms with Crippen LogP contribution in [0.2, 0.25) is 0 Å². The first-order chi connectivity index (χ1) is 19.1. The molecule has 0 atom stereocenters. The van der Waals surface area contributed by atoms with Crippen LogP contribution in [0, 0.1) is 18.6 Å². The minimum absolute atomic E-state index is 0.0407. The average Bonchev–Trinajstić information content (AvgIpc) is 3.69. The Balaban J connectivity index is 1.59. The van der Waals surface area contributed by atoms with Crippen LogP contribution in [0.3, 0.4) is 0 Å². The van der Waals surface area contributed by atoms with Crippen molar-refractivity contribution in [2.75, 3.05) is 11.9 Å². The molecule has 1 aliphatic carbocycles. The molecule has 0 radical (unpaired) electrons. The maximum absolute atomic E-state index is 14.9. The van der Waals surface area contributed by atoms with E-state index in [1.54, 1.807) is 50.0 Å². The highest BCUT2D eigenvalue weighted by atomic mass is 32.2. The van der Waals surface area contributed by atoms with Crippen LogP contribution >= 0.6 is 0 Å². The normalized spacial score (nSPS) is 13.6. The number of sulfone groups is 1. The third kappa shape index (κ3) is 5.40. The van der Waals surface area contributed by atoms with Gasteiger partial charge in [-0.25, -0.2) is 27.2 Å². The number of nitrogens with one attached hydrogen (secondary N) is 1. The lowest BCUT2D eigenvalue weighted by Crippen LogP contribution is -2.17. The van der Waals surface area contributed by atoms with E-state index in [9.17, 15) is 17.2 Å². The van der Waals surface area contributed by atoms with E-state index in [2.05, 4.69) is 20.3 Å². The van der Waals surface area contributed by atoms with Crippen LogP contribution in [0.1, 0.15) is 56.4 Å². The van der Waals surface area contributed by atoms with E-state index >= 15 is 0 Å². The molecule has 1 saturated carbocycles. The van der Waals surface area contributed by atoms with Crippen molar-refractivity contribution < 1.29 is 21.9 Å². The second kappa shape index (κ2) is 10.9. The van der Waals surface area contributed by atoms with E-state index in [4.69, 9.17) is 9.84 Å². The van der Waals surface area contributed by atoms with Crippen molar-refractivity contribution in [1.82, 2.24) is 24.7 Å². The van der Waals surface area contributed by atoms with Gasteiger partial charge in [0.15, 0.2) is 21.5 Å². The molecule has 3 heterocycles. The van der Waals surface area contributed by atoms with E-state index in [1.807, 2.05) is 6.92 Å². The van der Waals surface area contributed by atoms with Gasteiger partial charge in [-0.05, 0) is 52.7 Å². The van der Waals surface area contributed by atoms with Crippen LogP contribution in [0.5, 0.6) is 5.75 Å². The summed E-state index contributed by atoms with van der Waals surface area (Å²) in [5.74, 6) is -0.808. The maximum atomic E-state index is 14.9. The van der Waals surface area contributed by atoms with Crippen LogP contribution in [0.15, 0.2) is 47.8 Å². The van der Waals surface area contributed by atoms with Crippen molar-refractivity contribution in [3.8, 4) is 17.3 Å². The Labute approximate surface area is 231 Å². The van der Waals surface area contributed by atoms with Gasteiger partial charge < -0.3 is 10.1 Å². The molecule has 0 aliphatic heterocycles. The summed E-state index contributed by atoms with van der Waals surface area (Å²) in [6.45, 7) is 6.96. The standard InChI is InChI=1S/C28H30F2N6O3S/c1-5-39-20-12-22(29)21(23(30)13-20)15-36-26(18-6-7-18)17(4)25(35-36)28-32-14-24(40(37,38)16(2)3)27(34-28)33-19-8-10-31-11-9-19/h8-14,16,18H,5-7,15H2,1-4H3,(H,31,32,33,34). The van der Waals surface area contributed by atoms with E-state index < -0.39 is 26.7 Å². The van der Waals surface area contributed by atoms with Gasteiger partial charge in [0.2, 0.25) is 0 Å². The number of hydrogen-bond acceptors (Lipinski definition) is 8. The fraction of sp³-hybridized carbons (Fsp3) is 0.357. The van der Waals surface area contributed by atoms with Crippen molar-refractivity contribution >= 4 is 21.3 Å². The number of halogens is 2. The molecule has 0 saturated heterocycles. The zero-order chi connectivity index (χ0) is 28.6. The summed E-state index contributed by atoms with van der Waals surface area (Å²) >= 11 is 0. The Hall–Kier alpha value is -3.93. The molecular weight excluding hydrogens is 538 g/mol. The average molecular weight is 569 g/mol. The van der Waals surface area contributed by atoms with Crippen molar-refractivity contribution in [1.29, 1.82) is 0 Å². The van der Waals surface area contributed by atoms with E-state index in [-0.39, 0.29) is 40.3 Å². The lowest BCUT2D eigenvalue weighted by atomic mass is 10.1. The second-order valence-electron chi connectivity index (χ2n) is 9.95. The monoisotopic (exact) mass is 568 g/mol. The van der Waals surface area contributed by atoms with E-state index in [1.165, 1.54) is 18.3 Å². The summed E-state index contributed by atoms with van der Waals surface area (Å²) in [6.07, 6.45) is 6.30. The molecule has 210 valence electrons. The summed E-state index contributed by atoms with van der Waals surface area (Å²) in [5.41, 5.74) is 2.53. The largest absolute Gasteiger partial charge is 0.494 e. The van der Waals surface area contributed by atoms with Crippen LogP contribution in [0.25, 0.3) is 11.5 Å². The van der Waals surface area contributed by atoms with E-state index in [0.29, 0.717) is 18.0 Å². The Morgan fingerprint density at radius 3 is 2.42 bits per heavy atom. The molecule has 12 heteroatoms. The molecule has 9 nitrogen and oxygen atoms in total. The second-order valence-corrected chi connectivity index (χ2v) is 12.4. The molecular formula is C28H30F2N6O3S. The molecule has 1 aliphatic rings. The Bertz CT molecular complexity index is 1630. The number of rotatable bonds is 10. The number of pyridine rings is 1. The fourth-order valence-electron chi connectivity index (χ4n) is 4.51. The van der Waals surface area contributed by atoms with Crippen LogP contribution < -0.4 is 10.1 Å². The zero-order valence-electron chi connectivity index (χ0n) is 22.6. The lowest BCUT2D eigenvalue weighted by Gasteiger charge is -2.14. The number of nitrogens with zero attached hydrogens (tertiary/aromatic N) is 5. The molecule has 3 aromatic heterocycles. The van der Waals surface area contributed by atoms with Gasteiger partial charge in [0.05, 0.1) is 24.6 Å². The minimum Gasteiger partial charge on any atom is -0.494 e.